The van der Waals surface area contributed by atoms with Crippen molar-refractivity contribution >= 4 is 23.7 Å². The molecule has 3 amide bonds. The van der Waals surface area contributed by atoms with Gasteiger partial charge in [0.05, 0.1) is 0 Å². The van der Waals surface area contributed by atoms with Gasteiger partial charge in [-0.15, -0.1) is 0 Å². The SMILES string of the molecule is O=C1CCC(N2Cc3c(C#CCCCC(=O)OCc4ccccc4)cccc3C2=O)C(=O)N1. The van der Waals surface area contributed by atoms with Crippen LogP contribution in [-0.4, -0.2) is 34.6 Å². The molecule has 7 heteroatoms. The van der Waals surface area contributed by atoms with E-state index in [0.29, 0.717) is 24.8 Å². The summed E-state index contributed by atoms with van der Waals surface area (Å²) in [5.74, 6) is 4.96. The van der Waals surface area contributed by atoms with Crippen molar-refractivity contribution in [2.24, 2.45) is 0 Å². The van der Waals surface area contributed by atoms with Crippen molar-refractivity contribution in [3.63, 3.8) is 0 Å². The Morgan fingerprint density at radius 2 is 1.91 bits per heavy atom. The molecule has 2 aliphatic heterocycles. The molecule has 0 aromatic heterocycles. The van der Waals surface area contributed by atoms with Crippen molar-refractivity contribution in [3.05, 3.63) is 70.8 Å². The van der Waals surface area contributed by atoms with Crippen LogP contribution in [0.2, 0.25) is 0 Å². The highest BCUT2D eigenvalue weighted by Crippen LogP contribution is 2.29. The highest BCUT2D eigenvalue weighted by Gasteiger charge is 2.39. The summed E-state index contributed by atoms with van der Waals surface area (Å²) in [7, 11) is 0. The minimum absolute atomic E-state index is 0.218. The van der Waals surface area contributed by atoms with E-state index in [-0.39, 0.29) is 43.8 Å². The first kappa shape index (κ1) is 22.3. The quantitative estimate of drug-likeness (QED) is 0.320. The third kappa shape index (κ3) is 5.29. The zero-order chi connectivity index (χ0) is 23.2. The highest BCUT2D eigenvalue weighted by atomic mass is 16.5. The number of fused-ring (bicyclic) bond motifs is 1. The van der Waals surface area contributed by atoms with Gasteiger partial charge in [0.2, 0.25) is 11.8 Å². The molecule has 0 radical (unpaired) electrons. The zero-order valence-electron chi connectivity index (χ0n) is 18.1. The first-order valence-electron chi connectivity index (χ1n) is 11.0. The lowest BCUT2D eigenvalue weighted by Gasteiger charge is -2.29. The van der Waals surface area contributed by atoms with E-state index in [1.165, 1.54) is 4.90 Å². The van der Waals surface area contributed by atoms with Crippen LogP contribution < -0.4 is 5.32 Å². The third-order valence-electron chi connectivity index (χ3n) is 5.73. The van der Waals surface area contributed by atoms with Gasteiger partial charge in [0.1, 0.15) is 12.6 Å². The molecular weight excluding hydrogens is 420 g/mol. The lowest BCUT2D eigenvalue weighted by molar-refractivity contribution is -0.145. The van der Waals surface area contributed by atoms with Crippen LogP contribution in [0.3, 0.4) is 0 Å². The molecule has 2 aliphatic rings. The van der Waals surface area contributed by atoms with Crippen LogP contribution in [0.1, 0.15) is 59.2 Å². The van der Waals surface area contributed by atoms with E-state index in [9.17, 15) is 19.2 Å². The number of hydrogen-bond donors (Lipinski definition) is 1. The molecule has 1 saturated heterocycles. The number of carbonyl (C=O) groups excluding carboxylic acids is 4. The number of esters is 1. The normalized spacial score (nSPS) is 17.2. The minimum Gasteiger partial charge on any atom is -0.461 e. The number of hydrogen-bond acceptors (Lipinski definition) is 5. The Hall–Kier alpha value is -3.92. The van der Waals surface area contributed by atoms with Crippen LogP contribution in [0.4, 0.5) is 0 Å². The molecule has 2 heterocycles. The van der Waals surface area contributed by atoms with E-state index >= 15 is 0 Å². The topological polar surface area (TPSA) is 92.8 Å². The molecule has 0 bridgehead atoms. The molecule has 4 rings (SSSR count). The highest BCUT2D eigenvalue weighted by molar-refractivity contribution is 6.05. The number of imide groups is 1. The largest absolute Gasteiger partial charge is 0.461 e. The van der Waals surface area contributed by atoms with Crippen molar-refractivity contribution in [1.82, 2.24) is 10.2 Å². The van der Waals surface area contributed by atoms with Gasteiger partial charge in [-0.25, -0.2) is 0 Å². The monoisotopic (exact) mass is 444 g/mol. The van der Waals surface area contributed by atoms with Crippen LogP contribution in [0.25, 0.3) is 0 Å². The van der Waals surface area contributed by atoms with Crippen molar-refractivity contribution in [1.29, 1.82) is 0 Å². The maximum Gasteiger partial charge on any atom is 0.306 e. The fourth-order valence-electron chi connectivity index (χ4n) is 3.99. The number of nitrogens with zero attached hydrogens (tertiary/aromatic N) is 1. The smallest absolute Gasteiger partial charge is 0.306 e. The predicted octanol–water partition coefficient (Wildman–Crippen LogP) is 2.71. The summed E-state index contributed by atoms with van der Waals surface area (Å²) in [6.07, 6.45) is 1.94. The molecule has 2 aromatic carbocycles. The van der Waals surface area contributed by atoms with E-state index in [4.69, 9.17) is 4.74 Å². The number of benzene rings is 2. The van der Waals surface area contributed by atoms with Crippen LogP contribution in [0.5, 0.6) is 0 Å². The standard InChI is InChI=1S/C26H24N2O5/c29-23-15-14-22(25(31)27-23)28-16-21-19(11-7-12-20(21)26(28)32)10-5-2-6-13-24(30)33-17-18-8-3-1-4-9-18/h1,3-4,7-9,11-12,22H,2,6,13-17H2,(H,27,29,31). The molecule has 1 unspecified atom stereocenters. The molecule has 2 aromatic rings. The van der Waals surface area contributed by atoms with Crippen LogP contribution >= 0.6 is 0 Å². The summed E-state index contributed by atoms with van der Waals surface area (Å²) in [6.45, 7) is 0.552. The Labute approximate surface area is 192 Å². The van der Waals surface area contributed by atoms with Crippen molar-refractivity contribution in [3.8, 4) is 11.8 Å². The molecule has 168 valence electrons. The summed E-state index contributed by atoms with van der Waals surface area (Å²) in [5, 5.41) is 2.31. The lowest BCUT2D eigenvalue weighted by atomic mass is 10.0. The Morgan fingerprint density at radius 1 is 1.09 bits per heavy atom. The maximum absolute atomic E-state index is 12.9. The summed E-state index contributed by atoms with van der Waals surface area (Å²) in [5.41, 5.74) is 3.02. The summed E-state index contributed by atoms with van der Waals surface area (Å²) in [6, 6.07) is 14.2. The molecule has 1 atom stereocenters. The van der Waals surface area contributed by atoms with Gasteiger partial charge >= 0.3 is 5.97 Å². The van der Waals surface area contributed by atoms with Crippen LogP contribution in [0, 0.1) is 11.8 Å². The minimum atomic E-state index is -0.648. The van der Waals surface area contributed by atoms with E-state index in [0.717, 1.165) is 16.7 Å². The molecule has 33 heavy (non-hydrogen) atoms. The van der Waals surface area contributed by atoms with Gasteiger partial charge in [-0.2, -0.15) is 0 Å². The Kier molecular flexibility index (Phi) is 6.84. The van der Waals surface area contributed by atoms with Gasteiger partial charge in [0.15, 0.2) is 0 Å². The maximum atomic E-state index is 12.9. The van der Waals surface area contributed by atoms with Crippen molar-refractivity contribution in [2.45, 2.75) is 51.3 Å². The van der Waals surface area contributed by atoms with Gasteiger partial charge in [-0.3, -0.25) is 24.5 Å². The second-order valence-electron chi connectivity index (χ2n) is 8.03. The second kappa shape index (κ2) is 10.1. The van der Waals surface area contributed by atoms with E-state index in [1.807, 2.05) is 36.4 Å². The summed E-state index contributed by atoms with van der Waals surface area (Å²) < 4.78 is 5.27. The molecule has 1 N–H and O–H groups in total. The summed E-state index contributed by atoms with van der Waals surface area (Å²) >= 11 is 0. The van der Waals surface area contributed by atoms with Gasteiger partial charge in [0, 0.05) is 36.9 Å². The Balaban J connectivity index is 1.31. The molecule has 1 fully saturated rings. The lowest BCUT2D eigenvalue weighted by Crippen LogP contribution is -2.52. The summed E-state index contributed by atoms with van der Waals surface area (Å²) in [4.78, 5) is 49.9. The van der Waals surface area contributed by atoms with E-state index in [1.54, 1.807) is 12.1 Å². The Bertz CT molecular complexity index is 1150. The molecule has 0 spiro atoms. The second-order valence-corrected chi connectivity index (χ2v) is 8.03. The predicted molar refractivity (Wildman–Crippen MR) is 119 cm³/mol. The first-order valence-corrected chi connectivity index (χ1v) is 11.0. The number of rotatable bonds is 6. The van der Waals surface area contributed by atoms with E-state index in [2.05, 4.69) is 17.2 Å². The molecule has 0 saturated carbocycles. The average molecular weight is 444 g/mol. The number of unbranched alkanes of at least 4 members (excludes halogenated alkanes) is 1. The number of piperidine rings is 1. The van der Waals surface area contributed by atoms with Crippen LogP contribution in [0.15, 0.2) is 48.5 Å². The fourth-order valence-corrected chi connectivity index (χ4v) is 3.99. The first-order chi connectivity index (χ1) is 16.0. The van der Waals surface area contributed by atoms with E-state index < -0.39 is 11.9 Å². The molecular formula is C26H24N2O5. The third-order valence-corrected chi connectivity index (χ3v) is 5.73. The van der Waals surface area contributed by atoms with Gasteiger partial charge in [-0.05, 0) is 36.1 Å². The molecule has 0 aliphatic carbocycles. The molecule has 7 nitrogen and oxygen atoms in total. The number of carbonyl (C=O) groups is 4. The van der Waals surface area contributed by atoms with Gasteiger partial charge < -0.3 is 9.64 Å². The van der Waals surface area contributed by atoms with Crippen LogP contribution in [-0.2, 0) is 32.3 Å². The van der Waals surface area contributed by atoms with Crippen molar-refractivity contribution < 1.29 is 23.9 Å². The van der Waals surface area contributed by atoms with Crippen molar-refractivity contribution in [2.75, 3.05) is 0 Å². The number of nitrogens with one attached hydrogen (secondary N) is 1. The zero-order valence-corrected chi connectivity index (χ0v) is 18.1. The Morgan fingerprint density at radius 3 is 2.70 bits per heavy atom. The number of ether oxygens (including phenoxy) is 1. The fraction of sp³-hybridized carbons (Fsp3) is 0.308. The van der Waals surface area contributed by atoms with Gasteiger partial charge in [0.25, 0.3) is 5.91 Å². The van der Waals surface area contributed by atoms with Gasteiger partial charge in [-0.1, -0.05) is 48.2 Å². The average Bonchev–Trinajstić information content (AvgIpc) is 3.15. The number of amides is 3.